The van der Waals surface area contributed by atoms with Crippen LogP contribution < -0.4 is 4.72 Å². The first-order valence-electron chi connectivity index (χ1n) is 5.54. The minimum Gasteiger partial charge on any atom is -0.278 e. The largest absolute Gasteiger partial charge is 0.278 e. The molecule has 0 amide bonds. The topological polar surface area (TPSA) is 72.0 Å². The average Bonchev–Trinajstić information content (AvgIpc) is 2.86. The summed E-state index contributed by atoms with van der Waals surface area (Å²) in [6, 6.07) is 8.80. The Morgan fingerprint density at radius 1 is 1.15 bits per heavy atom. The Morgan fingerprint density at radius 3 is 2.75 bits per heavy atom. The van der Waals surface area contributed by atoms with Crippen LogP contribution in [0.3, 0.4) is 0 Å². The van der Waals surface area contributed by atoms with Crippen LogP contribution in [-0.2, 0) is 10.0 Å². The van der Waals surface area contributed by atoms with E-state index in [-0.39, 0.29) is 8.68 Å². The fraction of sp³-hybridized carbons (Fsp3) is 0. The van der Waals surface area contributed by atoms with Crippen LogP contribution in [0.25, 0.3) is 10.9 Å². The monoisotopic (exact) mass is 325 g/mol. The third-order valence-electron chi connectivity index (χ3n) is 2.61. The maximum atomic E-state index is 12.2. The highest BCUT2D eigenvalue weighted by molar-refractivity contribution is 7.94. The summed E-state index contributed by atoms with van der Waals surface area (Å²) in [5.41, 5.74) is 1.19. The number of aromatic nitrogens is 2. The van der Waals surface area contributed by atoms with Crippen molar-refractivity contribution < 1.29 is 8.42 Å². The van der Waals surface area contributed by atoms with Crippen molar-refractivity contribution >= 4 is 49.6 Å². The van der Waals surface area contributed by atoms with Crippen molar-refractivity contribution in [3.8, 4) is 0 Å². The lowest BCUT2D eigenvalue weighted by Crippen LogP contribution is -2.11. The lowest BCUT2D eigenvalue weighted by molar-refractivity contribution is 0.603. The van der Waals surface area contributed by atoms with Crippen molar-refractivity contribution in [2.24, 2.45) is 0 Å². The molecule has 3 aromatic rings. The van der Waals surface area contributed by atoms with Gasteiger partial charge in [-0.3, -0.25) is 9.71 Å². The number of pyridine rings is 1. The average molecular weight is 326 g/mol. The van der Waals surface area contributed by atoms with E-state index in [1.54, 1.807) is 30.5 Å². The number of hydrogen-bond acceptors (Lipinski definition) is 5. The fourth-order valence-electron chi connectivity index (χ4n) is 1.75. The highest BCUT2D eigenvalue weighted by atomic mass is 35.5. The zero-order chi connectivity index (χ0) is 14.2. The van der Waals surface area contributed by atoms with Gasteiger partial charge in [0.05, 0.1) is 17.4 Å². The Bertz CT molecular complexity index is 872. The van der Waals surface area contributed by atoms with Gasteiger partial charge in [-0.25, -0.2) is 13.4 Å². The second kappa shape index (κ2) is 5.01. The van der Waals surface area contributed by atoms with Gasteiger partial charge in [0, 0.05) is 11.6 Å². The van der Waals surface area contributed by atoms with E-state index in [9.17, 15) is 8.42 Å². The number of anilines is 1. The van der Waals surface area contributed by atoms with Crippen molar-refractivity contribution in [1.29, 1.82) is 0 Å². The second-order valence-corrected chi connectivity index (χ2v) is 7.44. The molecule has 2 heterocycles. The second-order valence-electron chi connectivity index (χ2n) is 3.91. The molecule has 20 heavy (non-hydrogen) atoms. The molecular formula is C12H8ClN3O2S2. The molecule has 0 atom stereocenters. The lowest BCUT2D eigenvalue weighted by Gasteiger charge is -2.08. The van der Waals surface area contributed by atoms with Crippen LogP contribution in [0.4, 0.5) is 5.69 Å². The van der Waals surface area contributed by atoms with Crippen molar-refractivity contribution in [2.45, 2.75) is 4.21 Å². The minimum absolute atomic E-state index is 0.0726. The van der Waals surface area contributed by atoms with Gasteiger partial charge in [-0.2, -0.15) is 0 Å². The zero-order valence-electron chi connectivity index (χ0n) is 9.95. The highest BCUT2D eigenvalue weighted by Crippen LogP contribution is 2.27. The molecule has 2 aromatic heterocycles. The van der Waals surface area contributed by atoms with Crippen molar-refractivity contribution in [2.75, 3.05) is 4.72 Å². The Kier molecular flexibility index (Phi) is 3.33. The molecular weight excluding hydrogens is 318 g/mol. The first kappa shape index (κ1) is 13.3. The molecule has 0 spiro atoms. The van der Waals surface area contributed by atoms with Crippen LogP contribution in [0, 0.1) is 0 Å². The molecule has 0 aliphatic rings. The standard InChI is InChI=1S/C12H8ClN3O2S2/c13-12-15-7-11(19-12)20(17,18)16-10-5-1-4-9-8(10)3-2-6-14-9/h1-7,16H. The SMILES string of the molecule is O=S(=O)(Nc1cccc2ncccc12)c1cnc(Cl)s1. The van der Waals surface area contributed by atoms with Gasteiger partial charge < -0.3 is 0 Å². The predicted molar refractivity (Wildman–Crippen MR) is 79.7 cm³/mol. The molecule has 1 aromatic carbocycles. The normalized spacial score (nSPS) is 11.7. The Balaban J connectivity index is 2.05. The molecule has 3 rings (SSSR count). The summed E-state index contributed by atoms with van der Waals surface area (Å²) in [5, 5.41) is 0.731. The van der Waals surface area contributed by atoms with Crippen LogP contribution in [-0.4, -0.2) is 18.4 Å². The summed E-state index contributed by atoms with van der Waals surface area (Å²) in [5.74, 6) is 0. The Labute approximate surface area is 124 Å². The smallest absolute Gasteiger partial charge is 0.273 e. The number of rotatable bonds is 3. The third kappa shape index (κ3) is 2.47. The number of sulfonamides is 1. The van der Waals surface area contributed by atoms with E-state index in [1.807, 2.05) is 6.07 Å². The van der Waals surface area contributed by atoms with E-state index in [4.69, 9.17) is 11.6 Å². The summed E-state index contributed by atoms with van der Waals surface area (Å²) < 4.78 is 27.3. The van der Waals surface area contributed by atoms with Crippen LogP contribution >= 0.6 is 22.9 Å². The molecule has 5 nitrogen and oxygen atoms in total. The van der Waals surface area contributed by atoms with Gasteiger partial charge in [-0.05, 0) is 24.3 Å². The van der Waals surface area contributed by atoms with E-state index in [0.29, 0.717) is 5.69 Å². The molecule has 0 unspecified atom stereocenters. The van der Waals surface area contributed by atoms with Gasteiger partial charge in [0.2, 0.25) is 0 Å². The van der Waals surface area contributed by atoms with Gasteiger partial charge in [-0.15, -0.1) is 0 Å². The van der Waals surface area contributed by atoms with Crippen molar-refractivity contribution in [1.82, 2.24) is 9.97 Å². The molecule has 102 valence electrons. The van der Waals surface area contributed by atoms with Gasteiger partial charge in [0.15, 0.2) is 8.68 Å². The maximum Gasteiger partial charge on any atom is 0.273 e. The van der Waals surface area contributed by atoms with Crippen LogP contribution in [0.2, 0.25) is 4.47 Å². The molecule has 1 N–H and O–H groups in total. The number of nitrogens with one attached hydrogen (secondary N) is 1. The fourth-order valence-corrected chi connectivity index (χ4v) is 4.12. The van der Waals surface area contributed by atoms with E-state index in [1.165, 1.54) is 6.20 Å². The van der Waals surface area contributed by atoms with E-state index in [0.717, 1.165) is 22.2 Å². The number of thiazole rings is 1. The number of nitrogens with zero attached hydrogens (tertiary/aromatic N) is 2. The van der Waals surface area contributed by atoms with Crippen LogP contribution in [0.5, 0.6) is 0 Å². The van der Waals surface area contributed by atoms with Crippen LogP contribution in [0.1, 0.15) is 0 Å². The van der Waals surface area contributed by atoms with Crippen molar-refractivity contribution in [3.63, 3.8) is 0 Å². The summed E-state index contributed by atoms with van der Waals surface area (Å²) in [6.45, 7) is 0. The molecule has 0 fully saturated rings. The zero-order valence-corrected chi connectivity index (χ0v) is 12.3. The molecule has 8 heteroatoms. The summed E-state index contributed by atoms with van der Waals surface area (Å²) in [7, 11) is -3.69. The molecule has 0 saturated heterocycles. The summed E-state index contributed by atoms with van der Waals surface area (Å²) in [4.78, 5) is 7.92. The third-order valence-corrected chi connectivity index (χ3v) is 5.55. The molecule has 0 bridgehead atoms. The number of fused-ring (bicyclic) bond motifs is 1. The van der Waals surface area contributed by atoms with Gasteiger partial charge in [0.1, 0.15) is 0 Å². The lowest BCUT2D eigenvalue weighted by atomic mass is 10.2. The predicted octanol–water partition coefficient (Wildman–Crippen LogP) is 3.15. The highest BCUT2D eigenvalue weighted by Gasteiger charge is 2.18. The minimum atomic E-state index is -3.69. The quantitative estimate of drug-likeness (QED) is 0.803. The first-order valence-corrected chi connectivity index (χ1v) is 8.22. The van der Waals surface area contributed by atoms with Gasteiger partial charge >= 0.3 is 0 Å². The maximum absolute atomic E-state index is 12.2. The Morgan fingerprint density at radius 2 is 2.00 bits per heavy atom. The van der Waals surface area contributed by atoms with E-state index in [2.05, 4.69) is 14.7 Å². The molecule has 0 aliphatic heterocycles. The number of benzene rings is 1. The summed E-state index contributed by atoms with van der Waals surface area (Å²) >= 11 is 6.58. The Hall–Kier alpha value is -1.70. The van der Waals surface area contributed by atoms with Crippen LogP contribution in [0.15, 0.2) is 46.9 Å². The molecule has 0 saturated carbocycles. The number of hydrogen-bond donors (Lipinski definition) is 1. The van der Waals surface area contributed by atoms with E-state index >= 15 is 0 Å². The molecule has 0 radical (unpaired) electrons. The summed E-state index contributed by atoms with van der Waals surface area (Å²) in [6.07, 6.45) is 2.89. The first-order chi connectivity index (χ1) is 9.56. The van der Waals surface area contributed by atoms with Gasteiger partial charge in [-0.1, -0.05) is 29.0 Å². The van der Waals surface area contributed by atoms with Crippen molar-refractivity contribution in [3.05, 3.63) is 47.2 Å². The van der Waals surface area contributed by atoms with Gasteiger partial charge in [0.25, 0.3) is 10.0 Å². The number of halogens is 1. The molecule has 0 aliphatic carbocycles. The van der Waals surface area contributed by atoms with E-state index < -0.39 is 10.0 Å².